The predicted molar refractivity (Wildman–Crippen MR) is 51.3 cm³/mol. The fourth-order valence-electron chi connectivity index (χ4n) is 2.68. The molecule has 1 spiro atoms. The molecule has 0 aromatic heterocycles. The van der Waals surface area contributed by atoms with Crippen LogP contribution in [0.1, 0.15) is 26.2 Å². The lowest BCUT2D eigenvalue weighted by Gasteiger charge is -2.52. The summed E-state index contributed by atoms with van der Waals surface area (Å²) in [4.78, 5) is 2.59. The molecule has 0 aromatic rings. The fourth-order valence-corrected chi connectivity index (χ4v) is 2.68. The van der Waals surface area contributed by atoms with Gasteiger partial charge in [0.05, 0.1) is 0 Å². The van der Waals surface area contributed by atoms with Crippen molar-refractivity contribution >= 4 is 0 Å². The standard InChI is InChI=1S/C10H20N2/c1-2-6-12-8-10(9-12)4-3-5-11-7-10/h11H,2-9H2,1H3. The van der Waals surface area contributed by atoms with Gasteiger partial charge in [-0.05, 0) is 32.4 Å². The first-order valence-electron chi connectivity index (χ1n) is 5.28. The van der Waals surface area contributed by atoms with Gasteiger partial charge in [0.15, 0.2) is 0 Å². The summed E-state index contributed by atoms with van der Waals surface area (Å²) < 4.78 is 0. The lowest BCUT2D eigenvalue weighted by atomic mass is 9.74. The van der Waals surface area contributed by atoms with E-state index in [1.807, 2.05) is 0 Å². The molecule has 2 saturated heterocycles. The first-order chi connectivity index (χ1) is 5.85. The van der Waals surface area contributed by atoms with Gasteiger partial charge in [-0.2, -0.15) is 0 Å². The lowest BCUT2D eigenvalue weighted by molar-refractivity contribution is -0.0169. The van der Waals surface area contributed by atoms with Gasteiger partial charge in [0.1, 0.15) is 0 Å². The average Bonchev–Trinajstić information content (AvgIpc) is 2.04. The van der Waals surface area contributed by atoms with E-state index in [4.69, 9.17) is 0 Å². The molecular weight excluding hydrogens is 148 g/mol. The van der Waals surface area contributed by atoms with E-state index in [-0.39, 0.29) is 0 Å². The van der Waals surface area contributed by atoms with Gasteiger partial charge in [0.25, 0.3) is 0 Å². The SMILES string of the molecule is CCCN1CC2(CCCNC2)C1. The number of likely N-dealkylation sites (tertiary alicyclic amines) is 1. The van der Waals surface area contributed by atoms with Crippen LogP contribution in [0.25, 0.3) is 0 Å². The molecule has 0 saturated carbocycles. The van der Waals surface area contributed by atoms with Crippen LogP contribution in [-0.2, 0) is 0 Å². The second-order valence-electron chi connectivity index (χ2n) is 4.49. The van der Waals surface area contributed by atoms with E-state index in [1.165, 1.54) is 52.0 Å². The maximum absolute atomic E-state index is 3.51. The Morgan fingerprint density at radius 2 is 2.25 bits per heavy atom. The van der Waals surface area contributed by atoms with Gasteiger partial charge in [0, 0.05) is 25.0 Å². The Morgan fingerprint density at radius 3 is 2.83 bits per heavy atom. The van der Waals surface area contributed by atoms with Gasteiger partial charge in [-0.1, -0.05) is 6.92 Å². The second-order valence-corrected chi connectivity index (χ2v) is 4.49. The molecule has 0 amide bonds. The van der Waals surface area contributed by atoms with Gasteiger partial charge in [-0.25, -0.2) is 0 Å². The maximum Gasteiger partial charge on any atom is 0.00827 e. The van der Waals surface area contributed by atoms with Gasteiger partial charge in [0.2, 0.25) is 0 Å². The summed E-state index contributed by atoms with van der Waals surface area (Å²) in [5.74, 6) is 0. The Labute approximate surface area is 75.3 Å². The van der Waals surface area contributed by atoms with Crippen LogP contribution in [0, 0.1) is 5.41 Å². The smallest absolute Gasteiger partial charge is 0.00827 e. The third-order valence-corrected chi connectivity index (χ3v) is 3.22. The summed E-state index contributed by atoms with van der Waals surface area (Å²) in [5, 5.41) is 3.51. The van der Waals surface area contributed by atoms with Crippen LogP contribution in [-0.4, -0.2) is 37.6 Å². The predicted octanol–water partition coefficient (Wildman–Crippen LogP) is 1.08. The maximum atomic E-state index is 3.51. The van der Waals surface area contributed by atoms with E-state index in [9.17, 15) is 0 Å². The molecule has 2 rings (SSSR count). The number of piperidine rings is 1. The highest BCUT2D eigenvalue weighted by Gasteiger charge is 2.42. The summed E-state index contributed by atoms with van der Waals surface area (Å²) in [6, 6.07) is 0. The van der Waals surface area contributed by atoms with Crippen LogP contribution in [0.4, 0.5) is 0 Å². The van der Waals surface area contributed by atoms with Crippen molar-refractivity contribution in [2.75, 3.05) is 32.7 Å². The van der Waals surface area contributed by atoms with Crippen LogP contribution in [0.5, 0.6) is 0 Å². The topological polar surface area (TPSA) is 15.3 Å². The second kappa shape index (κ2) is 3.35. The molecule has 0 radical (unpaired) electrons. The molecule has 0 atom stereocenters. The Hall–Kier alpha value is -0.0800. The molecule has 2 heterocycles. The normalized spacial score (nSPS) is 28.8. The van der Waals surface area contributed by atoms with Gasteiger partial charge >= 0.3 is 0 Å². The summed E-state index contributed by atoms with van der Waals surface area (Å²) >= 11 is 0. The molecule has 1 N–H and O–H groups in total. The molecule has 2 nitrogen and oxygen atoms in total. The van der Waals surface area contributed by atoms with Crippen molar-refractivity contribution in [3.63, 3.8) is 0 Å². The molecule has 0 aliphatic carbocycles. The van der Waals surface area contributed by atoms with Crippen LogP contribution in [0.3, 0.4) is 0 Å². The fraction of sp³-hybridized carbons (Fsp3) is 1.00. The minimum absolute atomic E-state index is 0.688. The monoisotopic (exact) mass is 168 g/mol. The van der Waals surface area contributed by atoms with E-state index >= 15 is 0 Å². The number of nitrogens with zero attached hydrogens (tertiary/aromatic N) is 1. The minimum Gasteiger partial charge on any atom is -0.316 e. The quantitative estimate of drug-likeness (QED) is 0.664. The first kappa shape index (κ1) is 8.52. The lowest BCUT2D eigenvalue weighted by Crippen LogP contribution is -2.62. The van der Waals surface area contributed by atoms with Crippen molar-refractivity contribution in [1.82, 2.24) is 10.2 Å². The molecule has 2 heteroatoms. The van der Waals surface area contributed by atoms with E-state index in [2.05, 4.69) is 17.1 Å². The molecule has 2 aliphatic heterocycles. The number of hydrogen-bond donors (Lipinski definition) is 1. The Kier molecular flexibility index (Phi) is 2.37. The van der Waals surface area contributed by atoms with Gasteiger partial charge in [-0.15, -0.1) is 0 Å². The molecule has 0 unspecified atom stereocenters. The summed E-state index contributed by atoms with van der Waals surface area (Å²) in [6.45, 7) is 8.80. The molecule has 2 fully saturated rings. The van der Waals surface area contributed by atoms with E-state index in [1.54, 1.807) is 0 Å². The van der Waals surface area contributed by atoms with Crippen molar-refractivity contribution in [1.29, 1.82) is 0 Å². The van der Waals surface area contributed by atoms with E-state index < -0.39 is 0 Å². The summed E-state index contributed by atoms with van der Waals surface area (Å²) in [5.41, 5.74) is 0.688. The van der Waals surface area contributed by atoms with Gasteiger partial charge < -0.3 is 10.2 Å². The minimum atomic E-state index is 0.688. The Balaban J connectivity index is 1.77. The number of rotatable bonds is 2. The zero-order valence-electron chi connectivity index (χ0n) is 8.10. The van der Waals surface area contributed by atoms with Crippen LogP contribution in [0.15, 0.2) is 0 Å². The highest BCUT2D eigenvalue weighted by molar-refractivity contribution is 4.97. The zero-order valence-corrected chi connectivity index (χ0v) is 8.10. The molecule has 2 aliphatic rings. The van der Waals surface area contributed by atoms with Crippen LogP contribution in [0.2, 0.25) is 0 Å². The van der Waals surface area contributed by atoms with Crippen LogP contribution < -0.4 is 5.32 Å². The zero-order chi connectivity index (χ0) is 8.44. The number of hydrogen-bond acceptors (Lipinski definition) is 2. The van der Waals surface area contributed by atoms with Gasteiger partial charge in [-0.3, -0.25) is 0 Å². The highest BCUT2D eigenvalue weighted by atomic mass is 15.2. The third-order valence-electron chi connectivity index (χ3n) is 3.22. The summed E-state index contributed by atoms with van der Waals surface area (Å²) in [7, 11) is 0. The van der Waals surface area contributed by atoms with Crippen molar-refractivity contribution in [2.45, 2.75) is 26.2 Å². The van der Waals surface area contributed by atoms with Crippen molar-refractivity contribution < 1.29 is 0 Å². The van der Waals surface area contributed by atoms with E-state index in [0.717, 1.165) is 0 Å². The highest BCUT2D eigenvalue weighted by Crippen LogP contribution is 2.36. The number of nitrogens with one attached hydrogen (secondary N) is 1. The van der Waals surface area contributed by atoms with E-state index in [0.29, 0.717) is 5.41 Å². The van der Waals surface area contributed by atoms with Crippen molar-refractivity contribution in [2.24, 2.45) is 5.41 Å². The van der Waals surface area contributed by atoms with Crippen molar-refractivity contribution in [3.05, 3.63) is 0 Å². The largest absolute Gasteiger partial charge is 0.316 e. The van der Waals surface area contributed by atoms with Crippen LogP contribution >= 0.6 is 0 Å². The van der Waals surface area contributed by atoms with Crippen molar-refractivity contribution in [3.8, 4) is 0 Å². The molecule has 0 bridgehead atoms. The first-order valence-corrected chi connectivity index (χ1v) is 5.28. The molecule has 12 heavy (non-hydrogen) atoms. The molecule has 70 valence electrons. The Bertz CT molecular complexity index is 142. The molecule has 0 aromatic carbocycles. The Morgan fingerprint density at radius 1 is 1.42 bits per heavy atom. The molecular formula is C10H20N2. The average molecular weight is 168 g/mol. The third kappa shape index (κ3) is 1.50. The summed E-state index contributed by atoms with van der Waals surface area (Å²) in [6.07, 6.45) is 4.16.